The zero-order valence-corrected chi connectivity index (χ0v) is 13.0. The topological polar surface area (TPSA) is 28.2 Å². The van der Waals surface area contributed by atoms with Crippen molar-refractivity contribution in [3.05, 3.63) is 30.1 Å². The highest BCUT2D eigenvalue weighted by Gasteiger charge is 2.22. The highest BCUT2D eigenvalue weighted by molar-refractivity contribution is 5.03. The van der Waals surface area contributed by atoms with E-state index in [2.05, 4.69) is 41.2 Å². The van der Waals surface area contributed by atoms with Crippen LogP contribution in [-0.2, 0) is 6.42 Å². The molecular weight excluding hydrogens is 246 g/mol. The van der Waals surface area contributed by atoms with Crippen molar-refractivity contribution in [3.8, 4) is 0 Å². The standard InChI is InChI=1S/C17H29N3/c1-3-12-20-13-8-16(9-14-20)15(2)18-11-7-17-6-4-5-10-19-17/h4-6,10,15-16,18H,3,7-9,11-14H2,1-2H3. The summed E-state index contributed by atoms with van der Waals surface area (Å²) in [7, 11) is 0. The Hall–Kier alpha value is -0.930. The first kappa shape index (κ1) is 15.5. The number of hydrogen-bond acceptors (Lipinski definition) is 3. The van der Waals surface area contributed by atoms with Crippen molar-refractivity contribution in [3.63, 3.8) is 0 Å². The summed E-state index contributed by atoms with van der Waals surface area (Å²) >= 11 is 0. The molecule has 0 radical (unpaired) electrons. The molecule has 112 valence electrons. The van der Waals surface area contributed by atoms with Gasteiger partial charge >= 0.3 is 0 Å². The summed E-state index contributed by atoms with van der Waals surface area (Å²) in [5.41, 5.74) is 1.19. The molecule has 0 amide bonds. The van der Waals surface area contributed by atoms with Gasteiger partial charge in [-0.15, -0.1) is 0 Å². The van der Waals surface area contributed by atoms with E-state index in [0.29, 0.717) is 6.04 Å². The smallest absolute Gasteiger partial charge is 0.0416 e. The van der Waals surface area contributed by atoms with E-state index in [1.54, 1.807) is 0 Å². The third kappa shape index (κ3) is 4.88. The molecule has 0 spiro atoms. The fraction of sp³-hybridized carbons (Fsp3) is 0.706. The average molecular weight is 275 g/mol. The largest absolute Gasteiger partial charge is 0.314 e. The number of likely N-dealkylation sites (tertiary alicyclic amines) is 1. The summed E-state index contributed by atoms with van der Waals surface area (Å²) in [6, 6.07) is 6.77. The number of piperidine rings is 1. The van der Waals surface area contributed by atoms with Gasteiger partial charge in [-0.3, -0.25) is 4.98 Å². The minimum absolute atomic E-state index is 0.627. The van der Waals surface area contributed by atoms with E-state index in [1.807, 2.05) is 12.3 Å². The van der Waals surface area contributed by atoms with Gasteiger partial charge in [0.05, 0.1) is 0 Å². The third-order valence-corrected chi connectivity index (χ3v) is 4.45. The van der Waals surface area contributed by atoms with Gasteiger partial charge in [-0.2, -0.15) is 0 Å². The van der Waals surface area contributed by atoms with Gasteiger partial charge < -0.3 is 10.2 Å². The van der Waals surface area contributed by atoms with E-state index in [4.69, 9.17) is 0 Å². The van der Waals surface area contributed by atoms with Crippen molar-refractivity contribution in [2.75, 3.05) is 26.2 Å². The van der Waals surface area contributed by atoms with E-state index in [9.17, 15) is 0 Å². The number of aromatic nitrogens is 1. The molecule has 1 N–H and O–H groups in total. The highest BCUT2D eigenvalue weighted by atomic mass is 15.1. The quantitative estimate of drug-likeness (QED) is 0.829. The van der Waals surface area contributed by atoms with E-state index < -0.39 is 0 Å². The van der Waals surface area contributed by atoms with Crippen molar-refractivity contribution < 1.29 is 0 Å². The molecule has 2 rings (SSSR count). The predicted molar refractivity (Wildman–Crippen MR) is 84.9 cm³/mol. The van der Waals surface area contributed by atoms with Crippen LogP contribution in [0.3, 0.4) is 0 Å². The average Bonchev–Trinajstić information content (AvgIpc) is 2.49. The summed E-state index contributed by atoms with van der Waals surface area (Å²) < 4.78 is 0. The Balaban J connectivity index is 1.64. The Morgan fingerprint density at radius 1 is 1.35 bits per heavy atom. The molecule has 20 heavy (non-hydrogen) atoms. The first-order valence-corrected chi connectivity index (χ1v) is 8.15. The molecule has 3 nitrogen and oxygen atoms in total. The molecule has 1 atom stereocenters. The first-order valence-electron chi connectivity index (χ1n) is 8.15. The summed E-state index contributed by atoms with van der Waals surface area (Å²) in [4.78, 5) is 6.98. The SMILES string of the molecule is CCCN1CCC(C(C)NCCc2ccccn2)CC1. The summed E-state index contributed by atoms with van der Waals surface area (Å²) in [6.07, 6.45) is 6.88. The molecule has 3 heteroatoms. The zero-order chi connectivity index (χ0) is 14.2. The van der Waals surface area contributed by atoms with Gasteiger partial charge in [0, 0.05) is 30.9 Å². The van der Waals surface area contributed by atoms with Crippen LogP contribution < -0.4 is 5.32 Å². The van der Waals surface area contributed by atoms with Crippen LogP contribution >= 0.6 is 0 Å². The molecule has 1 unspecified atom stereocenters. The van der Waals surface area contributed by atoms with Crippen LogP contribution in [0.15, 0.2) is 24.4 Å². The molecule has 1 fully saturated rings. The van der Waals surface area contributed by atoms with Gasteiger partial charge in [0.15, 0.2) is 0 Å². The fourth-order valence-corrected chi connectivity index (χ4v) is 3.13. The van der Waals surface area contributed by atoms with Gasteiger partial charge in [-0.1, -0.05) is 13.0 Å². The second-order valence-electron chi connectivity index (χ2n) is 5.99. The Labute approximate surface area is 123 Å². The van der Waals surface area contributed by atoms with E-state index >= 15 is 0 Å². The molecule has 1 aliphatic rings. The maximum atomic E-state index is 4.37. The Morgan fingerprint density at radius 3 is 2.80 bits per heavy atom. The lowest BCUT2D eigenvalue weighted by Gasteiger charge is -2.35. The number of nitrogens with one attached hydrogen (secondary N) is 1. The van der Waals surface area contributed by atoms with Crippen LogP contribution in [-0.4, -0.2) is 42.1 Å². The van der Waals surface area contributed by atoms with Crippen LogP contribution in [0.25, 0.3) is 0 Å². The molecule has 1 aliphatic heterocycles. The Bertz CT molecular complexity index is 358. The molecule has 1 aromatic rings. The van der Waals surface area contributed by atoms with Gasteiger partial charge in [-0.05, 0) is 63.9 Å². The lowest BCUT2D eigenvalue weighted by atomic mass is 9.90. The van der Waals surface area contributed by atoms with Crippen molar-refractivity contribution in [2.45, 2.75) is 45.6 Å². The molecule has 0 aliphatic carbocycles. The van der Waals surface area contributed by atoms with Crippen LogP contribution in [0.4, 0.5) is 0 Å². The number of rotatable bonds is 7. The van der Waals surface area contributed by atoms with E-state index in [1.165, 1.54) is 44.6 Å². The van der Waals surface area contributed by atoms with E-state index in [-0.39, 0.29) is 0 Å². The molecular formula is C17H29N3. The maximum absolute atomic E-state index is 4.37. The maximum Gasteiger partial charge on any atom is 0.0416 e. The van der Waals surface area contributed by atoms with Crippen LogP contribution in [0.2, 0.25) is 0 Å². The van der Waals surface area contributed by atoms with Crippen LogP contribution in [0, 0.1) is 5.92 Å². The van der Waals surface area contributed by atoms with Crippen molar-refractivity contribution in [1.82, 2.24) is 15.2 Å². The van der Waals surface area contributed by atoms with Gasteiger partial charge in [-0.25, -0.2) is 0 Å². The molecule has 2 heterocycles. The molecule has 0 saturated carbocycles. The lowest BCUT2D eigenvalue weighted by molar-refractivity contribution is 0.163. The van der Waals surface area contributed by atoms with Gasteiger partial charge in [0.25, 0.3) is 0 Å². The van der Waals surface area contributed by atoms with Gasteiger partial charge in [0.2, 0.25) is 0 Å². The summed E-state index contributed by atoms with van der Waals surface area (Å²) in [5.74, 6) is 0.840. The minimum Gasteiger partial charge on any atom is -0.314 e. The fourth-order valence-electron chi connectivity index (χ4n) is 3.13. The van der Waals surface area contributed by atoms with E-state index in [0.717, 1.165) is 18.9 Å². The normalized spacial score (nSPS) is 19.1. The second-order valence-corrected chi connectivity index (χ2v) is 5.99. The first-order chi connectivity index (χ1) is 9.79. The monoisotopic (exact) mass is 275 g/mol. The summed E-state index contributed by atoms with van der Waals surface area (Å²) in [5, 5.41) is 3.69. The number of hydrogen-bond donors (Lipinski definition) is 1. The predicted octanol–water partition coefficient (Wildman–Crippen LogP) is 2.72. The number of pyridine rings is 1. The summed E-state index contributed by atoms with van der Waals surface area (Å²) in [6.45, 7) is 9.49. The van der Waals surface area contributed by atoms with Crippen LogP contribution in [0.5, 0.6) is 0 Å². The molecule has 0 bridgehead atoms. The lowest BCUT2D eigenvalue weighted by Crippen LogP contribution is -2.42. The molecule has 1 saturated heterocycles. The second kappa shape index (κ2) is 8.38. The zero-order valence-electron chi connectivity index (χ0n) is 13.0. The molecule has 1 aromatic heterocycles. The molecule has 0 aromatic carbocycles. The Morgan fingerprint density at radius 2 is 2.15 bits per heavy atom. The Kier molecular flexibility index (Phi) is 6.48. The van der Waals surface area contributed by atoms with Gasteiger partial charge in [0.1, 0.15) is 0 Å². The minimum atomic E-state index is 0.627. The van der Waals surface area contributed by atoms with Crippen molar-refractivity contribution in [2.24, 2.45) is 5.92 Å². The number of nitrogens with zero attached hydrogens (tertiary/aromatic N) is 2. The van der Waals surface area contributed by atoms with Crippen molar-refractivity contribution in [1.29, 1.82) is 0 Å². The third-order valence-electron chi connectivity index (χ3n) is 4.45. The van der Waals surface area contributed by atoms with Crippen molar-refractivity contribution >= 4 is 0 Å². The van der Waals surface area contributed by atoms with Crippen LogP contribution in [0.1, 0.15) is 38.8 Å². The highest BCUT2D eigenvalue weighted by Crippen LogP contribution is 2.20.